The summed E-state index contributed by atoms with van der Waals surface area (Å²) >= 11 is 3.52. The zero-order valence-electron chi connectivity index (χ0n) is 12.8. The van der Waals surface area contributed by atoms with Crippen molar-refractivity contribution in [1.82, 2.24) is 19.6 Å². The number of anilines is 1. The lowest BCUT2D eigenvalue weighted by atomic mass is 9.92. The van der Waals surface area contributed by atoms with Crippen LogP contribution in [0.1, 0.15) is 32.0 Å². The third-order valence-corrected chi connectivity index (χ3v) is 3.98. The monoisotopic (exact) mass is 359 g/mol. The Balaban J connectivity index is 2.00. The minimum Gasteiger partial charge on any atom is -0.366 e. The Bertz CT molecular complexity index is 789. The van der Waals surface area contributed by atoms with Gasteiger partial charge in [0.2, 0.25) is 0 Å². The maximum absolute atomic E-state index is 4.73. The first-order valence-electron chi connectivity index (χ1n) is 7.13. The Labute approximate surface area is 137 Å². The highest BCUT2D eigenvalue weighted by atomic mass is 79.9. The van der Waals surface area contributed by atoms with E-state index in [0.717, 1.165) is 21.6 Å². The van der Waals surface area contributed by atoms with Gasteiger partial charge in [0.25, 0.3) is 0 Å². The number of fused-ring (bicyclic) bond motifs is 1. The van der Waals surface area contributed by atoms with E-state index in [9.17, 15) is 0 Å². The molecule has 5 nitrogen and oxygen atoms in total. The molecule has 0 fully saturated rings. The Morgan fingerprint density at radius 1 is 1.23 bits per heavy atom. The number of nitrogens with zero attached hydrogens (tertiary/aromatic N) is 4. The summed E-state index contributed by atoms with van der Waals surface area (Å²) in [7, 11) is 0. The summed E-state index contributed by atoms with van der Waals surface area (Å²) in [4.78, 5) is 8.76. The van der Waals surface area contributed by atoms with E-state index >= 15 is 0 Å². The zero-order valence-corrected chi connectivity index (χ0v) is 14.4. The molecule has 0 bridgehead atoms. The average molecular weight is 360 g/mol. The maximum atomic E-state index is 4.73. The van der Waals surface area contributed by atoms with Crippen LogP contribution < -0.4 is 5.32 Å². The summed E-state index contributed by atoms with van der Waals surface area (Å²) < 4.78 is 2.71. The van der Waals surface area contributed by atoms with Crippen LogP contribution in [-0.2, 0) is 12.0 Å². The van der Waals surface area contributed by atoms with Gasteiger partial charge < -0.3 is 5.32 Å². The van der Waals surface area contributed by atoms with Gasteiger partial charge in [-0.2, -0.15) is 9.61 Å². The van der Waals surface area contributed by atoms with Gasteiger partial charge in [0.1, 0.15) is 5.82 Å². The van der Waals surface area contributed by atoms with Gasteiger partial charge >= 0.3 is 0 Å². The van der Waals surface area contributed by atoms with Gasteiger partial charge in [0.05, 0.1) is 16.4 Å². The van der Waals surface area contributed by atoms with E-state index in [1.165, 1.54) is 5.56 Å². The highest BCUT2D eigenvalue weighted by Gasteiger charge is 2.19. The zero-order chi connectivity index (χ0) is 15.7. The fourth-order valence-electron chi connectivity index (χ4n) is 2.14. The number of nitrogens with one attached hydrogen (secondary N) is 1. The van der Waals surface area contributed by atoms with E-state index < -0.39 is 0 Å². The van der Waals surface area contributed by atoms with E-state index in [1.54, 1.807) is 18.6 Å². The average Bonchev–Trinajstić information content (AvgIpc) is 2.87. The normalized spacial score (nSPS) is 11.8. The van der Waals surface area contributed by atoms with Crippen molar-refractivity contribution in [2.24, 2.45) is 0 Å². The predicted octanol–water partition coefficient (Wildman–Crippen LogP) is 3.80. The van der Waals surface area contributed by atoms with Crippen LogP contribution >= 0.6 is 15.9 Å². The van der Waals surface area contributed by atoms with Crippen molar-refractivity contribution in [3.8, 4) is 0 Å². The third-order valence-electron chi connectivity index (χ3n) is 3.42. The summed E-state index contributed by atoms with van der Waals surface area (Å²) in [6, 6.07) is 6.05. The van der Waals surface area contributed by atoms with E-state index in [2.05, 4.69) is 58.2 Å². The smallest absolute Gasteiger partial charge is 0.171 e. The second-order valence-corrected chi connectivity index (χ2v) is 7.07. The van der Waals surface area contributed by atoms with Crippen LogP contribution in [0.4, 0.5) is 5.82 Å². The summed E-state index contributed by atoms with van der Waals surface area (Å²) in [5.41, 5.74) is 2.99. The molecule has 6 heteroatoms. The number of aromatic nitrogens is 4. The second kappa shape index (κ2) is 5.68. The maximum Gasteiger partial charge on any atom is 0.171 e. The molecule has 0 radical (unpaired) electrons. The quantitative estimate of drug-likeness (QED) is 0.772. The first-order valence-corrected chi connectivity index (χ1v) is 7.92. The van der Waals surface area contributed by atoms with Gasteiger partial charge in [0.15, 0.2) is 5.65 Å². The first kappa shape index (κ1) is 15.0. The summed E-state index contributed by atoms with van der Waals surface area (Å²) in [5.74, 6) is 0.928. The topological polar surface area (TPSA) is 55.1 Å². The molecule has 0 saturated carbocycles. The molecule has 114 valence electrons. The van der Waals surface area contributed by atoms with Crippen molar-refractivity contribution in [2.45, 2.75) is 32.7 Å². The number of halogens is 1. The Kier molecular flexibility index (Phi) is 3.87. The van der Waals surface area contributed by atoms with Crippen LogP contribution in [0.25, 0.3) is 5.65 Å². The first-order chi connectivity index (χ1) is 10.4. The van der Waals surface area contributed by atoms with Crippen LogP contribution in [0.5, 0.6) is 0 Å². The molecular weight excluding hydrogens is 342 g/mol. The van der Waals surface area contributed by atoms with E-state index in [0.29, 0.717) is 6.54 Å². The Morgan fingerprint density at radius 3 is 2.64 bits per heavy atom. The van der Waals surface area contributed by atoms with Crippen molar-refractivity contribution in [2.75, 3.05) is 5.32 Å². The highest BCUT2D eigenvalue weighted by molar-refractivity contribution is 9.10. The standard InChI is InChI=1S/C16H18BrN5/c1-16(2,3)13-8-14(19-9-11-4-6-18-7-5-11)22-15(21-13)12(17)10-20-22/h4-8,10,19H,9H2,1-3H3. The molecule has 1 N–H and O–H groups in total. The van der Waals surface area contributed by atoms with Gasteiger partial charge in [-0.05, 0) is 33.6 Å². The lowest BCUT2D eigenvalue weighted by Crippen LogP contribution is -2.16. The lowest BCUT2D eigenvalue weighted by Gasteiger charge is -2.19. The summed E-state index contributed by atoms with van der Waals surface area (Å²) in [6.07, 6.45) is 5.36. The van der Waals surface area contributed by atoms with Crippen molar-refractivity contribution in [3.05, 3.63) is 52.5 Å². The predicted molar refractivity (Wildman–Crippen MR) is 91.0 cm³/mol. The van der Waals surface area contributed by atoms with Gasteiger partial charge in [-0.3, -0.25) is 4.98 Å². The van der Waals surface area contributed by atoms with E-state index in [1.807, 2.05) is 16.6 Å². The molecule has 3 aromatic heterocycles. The molecule has 3 rings (SSSR count). The van der Waals surface area contributed by atoms with Gasteiger partial charge in [-0.25, -0.2) is 4.98 Å². The van der Waals surface area contributed by atoms with Crippen LogP contribution in [0.2, 0.25) is 0 Å². The molecule has 3 aromatic rings. The Hall–Kier alpha value is -1.95. The highest BCUT2D eigenvalue weighted by Crippen LogP contribution is 2.27. The van der Waals surface area contributed by atoms with Crippen molar-refractivity contribution in [3.63, 3.8) is 0 Å². The minimum atomic E-state index is -0.0292. The second-order valence-electron chi connectivity index (χ2n) is 6.21. The molecule has 0 saturated heterocycles. The molecule has 0 aliphatic carbocycles. The van der Waals surface area contributed by atoms with Crippen molar-refractivity contribution >= 4 is 27.4 Å². The molecule has 0 aliphatic heterocycles. The molecule has 22 heavy (non-hydrogen) atoms. The van der Waals surface area contributed by atoms with Gasteiger partial charge in [0, 0.05) is 30.4 Å². The summed E-state index contributed by atoms with van der Waals surface area (Å²) in [6.45, 7) is 7.18. The third kappa shape index (κ3) is 2.97. The lowest BCUT2D eigenvalue weighted by molar-refractivity contribution is 0.568. The number of pyridine rings is 1. The van der Waals surface area contributed by atoms with Crippen molar-refractivity contribution in [1.29, 1.82) is 0 Å². The number of hydrogen-bond donors (Lipinski definition) is 1. The molecule has 0 amide bonds. The molecule has 0 unspecified atom stereocenters. The molecule has 3 heterocycles. The summed E-state index contributed by atoms with van der Waals surface area (Å²) in [5, 5.41) is 7.83. The van der Waals surface area contributed by atoms with Gasteiger partial charge in [-0.1, -0.05) is 20.8 Å². The van der Waals surface area contributed by atoms with Crippen LogP contribution in [0.3, 0.4) is 0 Å². The molecular formula is C16H18BrN5. The minimum absolute atomic E-state index is 0.0292. The van der Waals surface area contributed by atoms with Crippen LogP contribution in [-0.4, -0.2) is 19.6 Å². The van der Waals surface area contributed by atoms with Gasteiger partial charge in [-0.15, -0.1) is 0 Å². The van der Waals surface area contributed by atoms with E-state index in [-0.39, 0.29) is 5.41 Å². The molecule has 0 aliphatic rings. The molecule has 0 aromatic carbocycles. The molecule has 0 atom stereocenters. The van der Waals surface area contributed by atoms with Crippen LogP contribution in [0, 0.1) is 0 Å². The van der Waals surface area contributed by atoms with E-state index in [4.69, 9.17) is 4.98 Å². The fraction of sp³-hybridized carbons (Fsp3) is 0.312. The largest absolute Gasteiger partial charge is 0.366 e. The van der Waals surface area contributed by atoms with Crippen LogP contribution in [0.15, 0.2) is 41.3 Å². The fourth-order valence-corrected chi connectivity index (χ4v) is 2.49. The number of rotatable bonds is 3. The Morgan fingerprint density at radius 2 is 1.95 bits per heavy atom. The molecule has 0 spiro atoms. The SMILES string of the molecule is CC(C)(C)c1cc(NCc2ccncc2)n2ncc(Br)c2n1. The number of hydrogen-bond acceptors (Lipinski definition) is 4. The van der Waals surface area contributed by atoms with Crippen molar-refractivity contribution < 1.29 is 0 Å².